The summed E-state index contributed by atoms with van der Waals surface area (Å²) in [5, 5.41) is 2.02. The largest absolute Gasteiger partial charge is 0.410 e. The van der Waals surface area contributed by atoms with Gasteiger partial charge in [0.1, 0.15) is 11.4 Å². The molecule has 8 nitrogen and oxygen atoms in total. The van der Waals surface area contributed by atoms with Crippen LogP contribution in [-0.4, -0.2) is 47.7 Å². The second kappa shape index (κ2) is 9.41. The Kier molecular flexibility index (Phi) is 7.51. The van der Waals surface area contributed by atoms with Gasteiger partial charge in [-0.2, -0.15) is 0 Å². The lowest BCUT2D eigenvalue weighted by Gasteiger charge is -2.37. The first kappa shape index (κ1) is 26.3. The molecule has 0 saturated carbocycles. The minimum absolute atomic E-state index is 0.0450. The first-order valence-electron chi connectivity index (χ1n) is 11.1. The summed E-state index contributed by atoms with van der Waals surface area (Å²) in [4.78, 5) is 46.5. The van der Waals surface area contributed by atoms with Crippen LogP contribution in [0.25, 0.3) is 10.2 Å². The second-order valence-corrected chi connectivity index (χ2v) is 16.9. The average molecular weight is 561 g/mol. The zero-order valence-corrected chi connectivity index (χ0v) is 24.1. The highest BCUT2D eigenvalue weighted by atomic mass is 79.9. The first-order valence-corrected chi connectivity index (χ1v) is 16.0. The molecule has 0 aliphatic carbocycles. The van der Waals surface area contributed by atoms with Crippen LogP contribution in [0.15, 0.2) is 9.59 Å². The molecule has 2 aromatic heterocycles. The molecule has 33 heavy (non-hydrogen) atoms. The number of hydrogen-bond donors (Lipinski definition) is 0. The molecule has 0 N–H and O–H groups in total. The van der Waals surface area contributed by atoms with Crippen molar-refractivity contribution in [1.29, 1.82) is 0 Å². The van der Waals surface area contributed by atoms with E-state index in [1.807, 2.05) is 13.8 Å². The van der Waals surface area contributed by atoms with E-state index in [1.54, 1.807) is 4.57 Å². The van der Waals surface area contributed by atoms with Crippen molar-refractivity contribution < 1.29 is 14.1 Å². The van der Waals surface area contributed by atoms with E-state index < -0.39 is 13.9 Å². The second-order valence-electron chi connectivity index (χ2n) is 10.5. The molecule has 0 aromatic carbocycles. The topological polar surface area (TPSA) is 82.8 Å². The Bertz CT molecular complexity index is 1180. The molecule has 1 amide bonds. The summed E-state index contributed by atoms with van der Waals surface area (Å²) in [7, 11) is -0.568. The molecule has 1 fully saturated rings. The Hall–Kier alpha value is -1.27. The molecule has 0 bridgehead atoms. The highest BCUT2D eigenvalue weighted by molar-refractivity contribution is 9.08. The smallest absolute Gasteiger partial charge is 0.331 e. The normalized spacial score (nSPS) is 17.5. The summed E-state index contributed by atoms with van der Waals surface area (Å²) in [6, 6.07) is 0. The van der Waals surface area contributed by atoms with Gasteiger partial charge in [0.2, 0.25) is 0 Å². The molecule has 1 unspecified atom stereocenters. The lowest BCUT2D eigenvalue weighted by molar-refractivity contribution is -0.0777. The molecule has 3 rings (SSSR count). The number of halogens is 1. The zero-order chi connectivity index (χ0) is 24.9. The maximum absolute atomic E-state index is 13.6. The monoisotopic (exact) mass is 559 g/mol. The maximum atomic E-state index is 13.6. The van der Waals surface area contributed by atoms with Gasteiger partial charge in [-0.05, 0) is 24.1 Å². The fourth-order valence-corrected chi connectivity index (χ4v) is 6.70. The van der Waals surface area contributed by atoms with E-state index in [-0.39, 0.29) is 34.0 Å². The first-order chi connectivity index (χ1) is 15.2. The number of carbonyl (C=O) groups is 1. The lowest BCUT2D eigenvalue weighted by atomic mass is 10.1. The van der Waals surface area contributed by atoms with E-state index in [0.29, 0.717) is 40.3 Å². The van der Waals surface area contributed by atoms with Crippen molar-refractivity contribution in [3.8, 4) is 0 Å². The van der Waals surface area contributed by atoms with Crippen molar-refractivity contribution >= 4 is 51.7 Å². The molecular formula is C22H34BrN3O5SSi. The third-order valence-electron chi connectivity index (χ3n) is 6.41. The maximum Gasteiger partial charge on any atom is 0.331 e. The molecule has 1 aliphatic rings. The highest BCUT2D eigenvalue weighted by Gasteiger charge is 2.42. The number of hydroxylamine groups is 2. The van der Waals surface area contributed by atoms with Gasteiger partial charge in [-0.25, -0.2) is 9.86 Å². The van der Waals surface area contributed by atoms with Crippen LogP contribution < -0.4 is 11.2 Å². The number of amides is 1. The molecule has 3 heterocycles. The van der Waals surface area contributed by atoms with Gasteiger partial charge in [-0.15, -0.1) is 11.3 Å². The third kappa shape index (κ3) is 4.93. The number of rotatable bonds is 6. The van der Waals surface area contributed by atoms with Crippen LogP contribution in [-0.2, 0) is 28.2 Å². The van der Waals surface area contributed by atoms with Gasteiger partial charge in [0.25, 0.3) is 11.5 Å². The molecule has 0 spiro atoms. The van der Waals surface area contributed by atoms with Crippen molar-refractivity contribution in [3.05, 3.63) is 31.3 Å². The lowest BCUT2D eigenvalue weighted by Crippen LogP contribution is -2.45. The summed E-state index contributed by atoms with van der Waals surface area (Å²) in [5.41, 5.74) is -0.532. The van der Waals surface area contributed by atoms with Gasteiger partial charge < -0.3 is 4.43 Å². The summed E-state index contributed by atoms with van der Waals surface area (Å²) in [5.74, 6) is -0.170. The van der Waals surface area contributed by atoms with E-state index in [2.05, 4.69) is 49.8 Å². The van der Waals surface area contributed by atoms with Gasteiger partial charge in [0.05, 0.1) is 23.6 Å². The highest BCUT2D eigenvalue weighted by Crippen LogP contribution is 2.38. The predicted octanol–water partition coefficient (Wildman–Crippen LogP) is 4.09. The van der Waals surface area contributed by atoms with Crippen LogP contribution in [0.1, 0.15) is 49.9 Å². The Balaban J connectivity index is 2.02. The van der Waals surface area contributed by atoms with E-state index in [1.165, 1.54) is 23.4 Å². The number of fused-ring (bicyclic) bond motifs is 1. The van der Waals surface area contributed by atoms with Crippen LogP contribution in [0.4, 0.5) is 0 Å². The summed E-state index contributed by atoms with van der Waals surface area (Å²) in [6.45, 7) is 15.9. The van der Waals surface area contributed by atoms with E-state index >= 15 is 0 Å². The van der Waals surface area contributed by atoms with Crippen molar-refractivity contribution in [2.24, 2.45) is 13.0 Å². The Morgan fingerprint density at radius 1 is 1.30 bits per heavy atom. The molecule has 2 aromatic rings. The van der Waals surface area contributed by atoms with Crippen molar-refractivity contribution in [2.45, 2.75) is 70.7 Å². The Labute approximate surface area is 207 Å². The fourth-order valence-electron chi connectivity index (χ4n) is 3.62. The van der Waals surface area contributed by atoms with Crippen LogP contribution >= 0.6 is 27.3 Å². The summed E-state index contributed by atoms with van der Waals surface area (Å²) < 4.78 is 9.11. The quantitative estimate of drug-likeness (QED) is 0.393. The SMILES string of the molecule is CC(C)Cn1c(=O)n(C)c(=O)c2c(C(=O)N3CC(O[Si](C)(C)C(C)(C)C)CO3)c(CBr)sc21. The molecule has 0 radical (unpaired) electrons. The zero-order valence-electron chi connectivity index (χ0n) is 20.7. The summed E-state index contributed by atoms with van der Waals surface area (Å²) in [6.07, 6.45) is -0.214. The number of aromatic nitrogens is 2. The summed E-state index contributed by atoms with van der Waals surface area (Å²) >= 11 is 4.76. The van der Waals surface area contributed by atoms with Gasteiger partial charge in [0, 0.05) is 23.8 Å². The Morgan fingerprint density at radius 2 is 1.94 bits per heavy atom. The third-order valence-corrected chi connectivity index (χ3v) is 13.1. The molecule has 1 aliphatic heterocycles. The number of nitrogens with zero attached hydrogens (tertiary/aromatic N) is 3. The molecule has 11 heteroatoms. The Morgan fingerprint density at radius 3 is 2.48 bits per heavy atom. The van der Waals surface area contributed by atoms with E-state index in [0.717, 1.165) is 4.57 Å². The van der Waals surface area contributed by atoms with Crippen molar-refractivity contribution in [3.63, 3.8) is 0 Å². The fraction of sp³-hybridized carbons (Fsp3) is 0.682. The molecular weight excluding hydrogens is 526 g/mol. The van der Waals surface area contributed by atoms with Gasteiger partial charge >= 0.3 is 5.69 Å². The number of hydrogen-bond acceptors (Lipinski definition) is 6. The van der Waals surface area contributed by atoms with E-state index in [4.69, 9.17) is 9.26 Å². The number of thiophene rings is 1. The van der Waals surface area contributed by atoms with Gasteiger partial charge in [-0.1, -0.05) is 50.5 Å². The number of alkyl halides is 1. The molecule has 1 saturated heterocycles. The van der Waals surface area contributed by atoms with Crippen molar-refractivity contribution in [2.75, 3.05) is 13.2 Å². The predicted molar refractivity (Wildman–Crippen MR) is 138 cm³/mol. The minimum atomic E-state index is -2.02. The van der Waals surface area contributed by atoms with Crippen LogP contribution in [0, 0.1) is 5.92 Å². The van der Waals surface area contributed by atoms with Crippen LogP contribution in [0.3, 0.4) is 0 Å². The van der Waals surface area contributed by atoms with Crippen LogP contribution in [0.2, 0.25) is 18.1 Å². The number of carbonyl (C=O) groups excluding carboxylic acids is 1. The molecule has 1 atom stereocenters. The molecule has 184 valence electrons. The van der Waals surface area contributed by atoms with E-state index in [9.17, 15) is 14.4 Å². The van der Waals surface area contributed by atoms with Gasteiger partial charge in [0.15, 0.2) is 8.32 Å². The average Bonchev–Trinajstić information content (AvgIpc) is 3.32. The van der Waals surface area contributed by atoms with Crippen LogP contribution in [0.5, 0.6) is 0 Å². The minimum Gasteiger partial charge on any atom is -0.410 e. The standard InChI is InChI=1S/C22H34BrN3O5SSi/c1-13(2)10-25-20-17(18(27)24(6)21(25)29)16(15(9-23)32-20)19(28)26-11-14(12-30-26)31-33(7,8)22(3,4)5/h13-14H,9-12H2,1-8H3. The van der Waals surface area contributed by atoms with Crippen molar-refractivity contribution in [1.82, 2.24) is 14.2 Å². The van der Waals surface area contributed by atoms with Gasteiger partial charge in [-0.3, -0.25) is 23.6 Å².